The number of anilines is 1. The molecule has 1 aromatic heterocycles. The van der Waals surface area contributed by atoms with Crippen LogP contribution in [0.1, 0.15) is 5.76 Å². The summed E-state index contributed by atoms with van der Waals surface area (Å²) < 4.78 is 32.2. The van der Waals surface area contributed by atoms with Gasteiger partial charge in [0, 0.05) is 11.8 Å². The Morgan fingerprint density at radius 2 is 1.77 bits per heavy atom. The van der Waals surface area contributed by atoms with Gasteiger partial charge in [-0.25, -0.2) is 8.78 Å². The highest BCUT2D eigenvalue weighted by Gasteiger charge is 2.13. The normalized spacial score (nSPS) is 11.0. The van der Waals surface area contributed by atoms with Gasteiger partial charge in [0.1, 0.15) is 34.8 Å². The molecule has 0 unspecified atom stereocenters. The van der Waals surface area contributed by atoms with Crippen LogP contribution in [-0.2, 0) is 4.79 Å². The molecule has 128 valence electrons. The summed E-state index contributed by atoms with van der Waals surface area (Å²) in [5, 5.41) is 11.7. The maximum absolute atomic E-state index is 13.8. The average molecular weight is 350 g/mol. The molecule has 3 aromatic rings. The van der Waals surface area contributed by atoms with Gasteiger partial charge in [0.25, 0.3) is 5.91 Å². The summed E-state index contributed by atoms with van der Waals surface area (Å²) in [4.78, 5) is 12.2. The summed E-state index contributed by atoms with van der Waals surface area (Å²) in [6.07, 6.45) is 1.25. The van der Waals surface area contributed by atoms with Crippen molar-refractivity contribution in [3.63, 3.8) is 0 Å². The molecule has 0 aliphatic heterocycles. The zero-order valence-electron chi connectivity index (χ0n) is 13.4. The summed E-state index contributed by atoms with van der Waals surface area (Å²) in [6.45, 7) is 0. The number of halogens is 2. The van der Waals surface area contributed by atoms with Gasteiger partial charge in [0.05, 0.1) is 5.56 Å². The predicted octanol–water partition coefficient (Wildman–Crippen LogP) is 4.77. The molecule has 0 bridgehead atoms. The van der Waals surface area contributed by atoms with E-state index in [1.54, 1.807) is 30.3 Å². The summed E-state index contributed by atoms with van der Waals surface area (Å²) in [6, 6.07) is 16.1. The van der Waals surface area contributed by atoms with E-state index < -0.39 is 17.5 Å². The average Bonchev–Trinajstić information content (AvgIpc) is 3.10. The number of benzene rings is 2. The summed E-state index contributed by atoms with van der Waals surface area (Å²) in [5.41, 5.74) is 0.425. The third-order valence-electron chi connectivity index (χ3n) is 3.52. The van der Waals surface area contributed by atoms with Crippen LogP contribution < -0.4 is 5.32 Å². The Bertz CT molecular complexity index is 1010. The van der Waals surface area contributed by atoms with E-state index in [0.29, 0.717) is 5.69 Å². The van der Waals surface area contributed by atoms with Crippen LogP contribution in [-0.4, -0.2) is 5.91 Å². The number of nitrogens with one attached hydrogen (secondary N) is 1. The van der Waals surface area contributed by atoms with E-state index in [0.717, 1.165) is 0 Å². The number of hydrogen-bond acceptors (Lipinski definition) is 3. The van der Waals surface area contributed by atoms with E-state index in [4.69, 9.17) is 4.42 Å². The molecule has 4 nitrogen and oxygen atoms in total. The molecule has 0 aliphatic rings. The number of amides is 1. The molecule has 0 fully saturated rings. The van der Waals surface area contributed by atoms with Crippen LogP contribution in [0.4, 0.5) is 14.5 Å². The highest BCUT2D eigenvalue weighted by atomic mass is 19.1. The number of furan rings is 1. The first-order valence-corrected chi connectivity index (χ1v) is 7.60. The van der Waals surface area contributed by atoms with Crippen LogP contribution in [0.5, 0.6) is 0 Å². The molecule has 1 heterocycles. The number of carbonyl (C=O) groups excluding carboxylic acids is 1. The highest BCUT2D eigenvalue weighted by Crippen LogP contribution is 2.25. The van der Waals surface area contributed by atoms with Gasteiger partial charge in [-0.05, 0) is 48.5 Å². The zero-order chi connectivity index (χ0) is 18.5. The Hall–Kier alpha value is -3.72. The van der Waals surface area contributed by atoms with Gasteiger partial charge in [0.15, 0.2) is 0 Å². The van der Waals surface area contributed by atoms with Crippen molar-refractivity contribution in [2.24, 2.45) is 0 Å². The second kappa shape index (κ2) is 7.45. The first-order chi connectivity index (χ1) is 12.6. The number of rotatable bonds is 4. The van der Waals surface area contributed by atoms with Crippen LogP contribution >= 0.6 is 0 Å². The minimum Gasteiger partial charge on any atom is -0.457 e. The van der Waals surface area contributed by atoms with Crippen LogP contribution in [0.2, 0.25) is 0 Å². The van der Waals surface area contributed by atoms with Crippen molar-refractivity contribution in [3.05, 3.63) is 83.6 Å². The third kappa shape index (κ3) is 3.84. The fraction of sp³-hybridized carbons (Fsp3) is 0. The molecular weight excluding hydrogens is 338 g/mol. The van der Waals surface area contributed by atoms with Crippen LogP contribution in [0.3, 0.4) is 0 Å². The minimum absolute atomic E-state index is 0.205. The molecule has 3 rings (SSSR count). The molecule has 6 heteroatoms. The molecule has 0 aliphatic carbocycles. The third-order valence-corrected chi connectivity index (χ3v) is 3.52. The van der Waals surface area contributed by atoms with Crippen LogP contribution in [0.25, 0.3) is 17.4 Å². The number of nitriles is 1. The second-order valence-electron chi connectivity index (χ2n) is 5.31. The molecule has 0 saturated heterocycles. The van der Waals surface area contributed by atoms with Gasteiger partial charge in [-0.2, -0.15) is 5.26 Å². The number of nitrogens with zero attached hydrogens (tertiary/aromatic N) is 1. The molecule has 1 amide bonds. The standard InChI is InChI=1S/C20H12F2N2O2/c21-14-5-7-15(8-6-14)24-20(25)13(12-23)11-16-9-10-19(26-16)17-3-1-2-4-18(17)22/h1-11H,(H,24,25). The molecule has 26 heavy (non-hydrogen) atoms. The lowest BCUT2D eigenvalue weighted by Crippen LogP contribution is -2.13. The topological polar surface area (TPSA) is 66.0 Å². The highest BCUT2D eigenvalue weighted by molar-refractivity contribution is 6.09. The Morgan fingerprint density at radius 1 is 1.04 bits per heavy atom. The Labute approximate surface area is 148 Å². The fourth-order valence-corrected chi connectivity index (χ4v) is 2.26. The predicted molar refractivity (Wildman–Crippen MR) is 92.7 cm³/mol. The maximum atomic E-state index is 13.8. The van der Waals surface area contributed by atoms with Crippen molar-refractivity contribution in [1.82, 2.24) is 0 Å². The molecule has 0 atom stereocenters. The Balaban J connectivity index is 1.81. The van der Waals surface area contributed by atoms with E-state index in [-0.39, 0.29) is 22.7 Å². The summed E-state index contributed by atoms with van der Waals surface area (Å²) in [7, 11) is 0. The van der Waals surface area contributed by atoms with Gasteiger partial charge in [-0.15, -0.1) is 0 Å². The minimum atomic E-state index is -0.664. The van der Waals surface area contributed by atoms with Crippen molar-refractivity contribution in [1.29, 1.82) is 5.26 Å². The van der Waals surface area contributed by atoms with E-state index in [1.165, 1.54) is 42.5 Å². The van der Waals surface area contributed by atoms with Crippen molar-refractivity contribution >= 4 is 17.7 Å². The lowest BCUT2D eigenvalue weighted by atomic mass is 10.1. The molecule has 1 N–H and O–H groups in total. The summed E-state index contributed by atoms with van der Waals surface area (Å²) >= 11 is 0. The van der Waals surface area contributed by atoms with Crippen molar-refractivity contribution in [3.8, 4) is 17.4 Å². The largest absolute Gasteiger partial charge is 0.457 e. The van der Waals surface area contributed by atoms with E-state index >= 15 is 0 Å². The number of hydrogen-bond donors (Lipinski definition) is 1. The van der Waals surface area contributed by atoms with Crippen LogP contribution in [0.15, 0.2) is 70.7 Å². The lowest BCUT2D eigenvalue weighted by molar-refractivity contribution is -0.112. The molecule has 0 radical (unpaired) electrons. The molecular formula is C20H12F2N2O2. The van der Waals surface area contributed by atoms with Gasteiger partial charge in [-0.1, -0.05) is 12.1 Å². The SMILES string of the molecule is N#CC(=Cc1ccc(-c2ccccc2F)o1)C(=O)Nc1ccc(F)cc1. The zero-order valence-corrected chi connectivity index (χ0v) is 13.4. The quantitative estimate of drug-likeness (QED) is 0.544. The smallest absolute Gasteiger partial charge is 0.266 e. The van der Waals surface area contributed by atoms with Gasteiger partial charge in [-0.3, -0.25) is 4.79 Å². The first kappa shape index (κ1) is 17.1. The molecule has 0 spiro atoms. The fourth-order valence-electron chi connectivity index (χ4n) is 2.26. The summed E-state index contributed by atoms with van der Waals surface area (Å²) in [5.74, 6) is -1.02. The first-order valence-electron chi connectivity index (χ1n) is 7.60. The molecule has 0 saturated carbocycles. The van der Waals surface area contributed by atoms with Crippen molar-refractivity contribution in [2.75, 3.05) is 5.32 Å². The van der Waals surface area contributed by atoms with E-state index in [2.05, 4.69) is 5.32 Å². The lowest BCUT2D eigenvalue weighted by Gasteiger charge is -2.03. The van der Waals surface area contributed by atoms with Crippen molar-refractivity contribution < 1.29 is 18.0 Å². The molecule has 2 aromatic carbocycles. The van der Waals surface area contributed by atoms with Gasteiger partial charge in [0.2, 0.25) is 0 Å². The Kier molecular flexibility index (Phi) is 4.90. The van der Waals surface area contributed by atoms with Crippen molar-refractivity contribution in [2.45, 2.75) is 0 Å². The van der Waals surface area contributed by atoms with E-state index in [1.807, 2.05) is 0 Å². The maximum Gasteiger partial charge on any atom is 0.266 e. The van der Waals surface area contributed by atoms with E-state index in [9.17, 15) is 18.8 Å². The monoisotopic (exact) mass is 350 g/mol. The Morgan fingerprint density at radius 3 is 2.46 bits per heavy atom. The van der Waals surface area contributed by atoms with Gasteiger partial charge < -0.3 is 9.73 Å². The second-order valence-corrected chi connectivity index (χ2v) is 5.31. The number of carbonyl (C=O) groups is 1. The van der Waals surface area contributed by atoms with Crippen LogP contribution in [0, 0.1) is 23.0 Å². The van der Waals surface area contributed by atoms with Gasteiger partial charge >= 0.3 is 0 Å².